The third-order valence-corrected chi connectivity index (χ3v) is 5.96. The highest BCUT2D eigenvalue weighted by Crippen LogP contribution is 2.24. The number of nitrogens with zero attached hydrogens (tertiary/aromatic N) is 2. The number of carbonyl (C=O) groups is 2. The van der Waals surface area contributed by atoms with Gasteiger partial charge in [-0.2, -0.15) is 0 Å². The quantitative estimate of drug-likeness (QED) is 0.605. The molecule has 0 atom stereocenters. The molecule has 3 aromatic rings. The average molecular weight is 401 g/mol. The van der Waals surface area contributed by atoms with Crippen molar-refractivity contribution in [3.8, 4) is 0 Å². The van der Waals surface area contributed by atoms with Gasteiger partial charge in [0.25, 0.3) is 11.8 Å². The minimum Gasteiger partial charge on any atom is -0.338 e. The molecule has 0 N–H and O–H groups in total. The Kier molecular flexibility index (Phi) is 6.12. The Bertz CT molecular complexity index is 1020. The predicted octanol–water partition coefficient (Wildman–Crippen LogP) is 5.00. The summed E-state index contributed by atoms with van der Waals surface area (Å²) in [4.78, 5) is 30.2. The van der Waals surface area contributed by atoms with E-state index in [9.17, 15) is 9.59 Å². The summed E-state index contributed by atoms with van der Waals surface area (Å²) in [6.45, 7) is 4.21. The minimum atomic E-state index is 0.0801. The largest absolute Gasteiger partial charge is 0.338 e. The second-order valence-corrected chi connectivity index (χ2v) is 7.91. The van der Waals surface area contributed by atoms with Gasteiger partial charge in [-0.15, -0.1) is 0 Å². The van der Waals surface area contributed by atoms with Crippen LogP contribution >= 0.6 is 0 Å². The molecule has 154 valence electrons. The summed E-state index contributed by atoms with van der Waals surface area (Å²) in [5, 5.41) is 2.09. The molecule has 4 nitrogen and oxygen atoms in total. The smallest absolute Gasteiger partial charge is 0.254 e. The van der Waals surface area contributed by atoms with Gasteiger partial charge in [-0.3, -0.25) is 9.59 Å². The molecule has 30 heavy (non-hydrogen) atoms. The number of carbonyl (C=O) groups excluding carboxylic acids is 2. The van der Waals surface area contributed by atoms with Crippen molar-refractivity contribution in [2.75, 3.05) is 19.6 Å². The Morgan fingerprint density at radius 2 is 1.57 bits per heavy atom. The highest BCUT2D eigenvalue weighted by molar-refractivity contribution is 6.07. The van der Waals surface area contributed by atoms with Crippen LogP contribution in [-0.4, -0.2) is 47.3 Å². The Morgan fingerprint density at radius 3 is 2.30 bits per heavy atom. The summed E-state index contributed by atoms with van der Waals surface area (Å²) in [5.41, 5.74) is 1.50. The average Bonchev–Trinajstić information content (AvgIpc) is 2.82. The van der Waals surface area contributed by atoms with Crippen LogP contribution < -0.4 is 0 Å². The number of hydrogen-bond donors (Lipinski definition) is 0. The lowest BCUT2D eigenvalue weighted by Gasteiger charge is -2.38. The minimum absolute atomic E-state index is 0.0801. The number of amides is 2. The molecule has 0 aliphatic carbocycles. The summed E-state index contributed by atoms with van der Waals surface area (Å²) in [5.74, 6) is 0.179. The van der Waals surface area contributed by atoms with Crippen LogP contribution in [0.15, 0.2) is 72.8 Å². The van der Waals surface area contributed by atoms with Gasteiger partial charge >= 0.3 is 0 Å². The van der Waals surface area contributed by atoms with Gasteiger partial charge in [0.2, 0.25) is 0 Å². The van der Waals surface area contributed by atoms with E-state index in [1.165, 1.54) is 0 Å². The van der Waals surface area contributed by atoms with E-state index in [0.717, 1.165) is 47.7 Å². The third-order valence-electron chi connectivity index (χ3n) is 5.96. The number of benzene rings is 3. The number of rotatable bonds is 5. The van der Waals surface area contributed by atoms with Crippen molar-refractivity contribution in [3.05, 3.63) is 83.9 Å². The predicted molar refractivity (Wildman–Crippen MR) is 121 cm³/mol. The monoisotopic (exact) mass is 400 g/mol. The summed E-state index contributed by atoms with van der Waals surface area (Å²) in [6, 6.07) is 23.6. The molecule has 2 amide bonds. The van der Waals surface area contributed by atoms with E-state index in [-0.39, 0.29) is 17.9 Å². The SMILES string of the molecule is CCCN(C(=O)c1cccc2ccccc12)C1CCN(C(=O)c2ccccc2)CC1. The van der Waals surface area contributed by atoms with Gasteiger partial charge in [0.05, 0.1) is 0 Å². The topological polar surface area (TPSA) is 40.6 Å². The van der Waals surface area contributed by atoms with E-state index >= 15 is 0 Å². The summed E-state index contributed by atoms with van der Waals surface area (Å²) >= 11 is 0. The molecule has 3 aromatic carbocycles. The molecule has 1 heterocycles. The number of piperidine rings is 1. The first kappa shape index (κ1) is 20.1. The molecule has 0 radical (unpaired) electrons. The third kappa shape index (κ3) is 4.09. The molecule has 4 rings (SSSR count). The van der Waals surface area contributed by atoms with Gasteiger partial charge in [-0.25, -0.2) is 0 Å². The van der Waals surface area contributed by atoms with E-state index < -0.39 is 0 Å². The Hall–Kier alpha value is -3.14. The van der Waals surface area contributed by atoms with Gasteiger partial charge in [-0.05, 0) is 48.2 Å². The van der Waals surface area contributed by atoms with E-state index in [0.29, 0.717) is 13.1 Å². The van der Waals surface area contributed by atoms with Gasteiger partial charge in [0.15, 0.2) is 0 Å². The van der Waals surface area contributed by atoms with Crippen LogP contribution in [0.4, 0.5) is 0 Å². The fraction of sp³-hybridized carbons (Fsp3) is 0.308. The van der Waals surface area contributed by atoms with Gasteiger partial charge in [-0.1, -0.05) is 61.5 Å². The van der Waals surface area contributed by atoms with Crippen LogP contribution in [0.25, 0.3) is 10.8 Å². The van der Waals surface area contributed by atoms with E-state index in [4.69, 9.17) is 0 Å². The summed E-state index contributed by atoms with van der Waals surface area (Å²) in [6.07, 6.45) is 2.55. The molecule has 0 spiro atoms. The van der Waals surface area contributed by atoms with Crippen LogP contribution in [0.1, 0.15) is 46.9 Å². The van der Waals surface area contributed by atoms with Crippen LogP contribution in [0.3, 0.4) is 0 Å². The number of fused-ring (bicyclic) bond motifs is 1. The van der Waals surface area contributed by atoms with Crippen molar-refractivity contribution >= 4 is 22.6 Å². The fourth-order valence-corrected chi connectivity index (χ4v) is 4.40. The van der Waals surface area contributed by atoms with Crippen LogP contribution in [0.2, 0.25) is 0 Å². The van der Waals surface area contributed by atoms with Gasteiger partial charge in [0, 0.05) is 36.8 Å². The number of hydrogen-bond acceptors (Lipinski definition) is 2. The second-order valence-electron chi connectivity index (χ2n) is 7.91. The van der Waals surface area contributed by atoms with Crippen LogP contribution in [0.5, 0.6) is 0 Å². The molecule has 1 aliphatic rings. The maximum absolute atomic E-state index is 13.5. The Labute approximate surface area is 178 Å². The summed E-state index contributed by atoms with van der Waals surface area (Å²) < 4.78 is 0. The molecule has 0 saturated carbocycles. The van der Waals surface area contributed by atoms with Gasteiger partial charge in [0.1, 0.15) is 0 Å². The lowest BCUT2D eigenvalue weighted by molar-refractivity contribution is 0.0520. The molecule has 0 bridgehead atoms. The first-order chi connectivity index (χ1) is 14.7. The van der Waals surface area contributed by atoms with Crippen molar-refractivity contribution in [2.24, 2.45) is 0 Å². The van der Waals surface area contributed by atoms with Crippen molar-refractivity contribution in [1.29, 1.82) is 0 Å². The zero-order valence-electron chi connectivity index (χ0n) is 17.5. The van der Waals surface area contributed by atoms with Crippen LogP contribution in [-0.2, 0) is 0 Å². The number of likely N-dealkylation sites (tertiary alicyclic amines) is 1. The molecule has 4 heteroatoms. The standard InChI is InChI=1S/C26H28N2O2/c1-2-17-28(26(30)24-14-8-12-20-9-6-7-13-23(20)24)22-15-18-27(19-16-22)25(29)21-10-4-3-5-11-21/h3-14,22H,2,15-19H2,1H3. The molecular formula is C26H28N2O2. The first-order valence-electron chi connectivity index (χ1n) is 10.8. The van der Waals surface area contributed by atoms with Crippen molar-refractivity contribution < 1.29 is 9.59 Å². The van der Waals surface area contributed by atoms with E-state index in [1.54, 1.807) is 0 Å². The van der Waals surface area contributed by atoms with Crippen molar-refractivity contribution in [1.82, 2.24) is 9.80 Å². The Morgan fingerprint density at radius 1 is 0.900 bits per heavy atom. The highest BCUT2D eigenvalue weighted by atomic mass is 16.2. The first-order valence-corrected chi connectivity index (χ1v) is 10.8. The molecule has 0 aromatic heterocycles. The maximum Gasteiger partial charge on any atom is 0.254 e. The maximum atomic E-state index is 13.5. The van der Waals surface area contributed by atoms with Crippen molar-refractivity contribution in [3.63, 3.8) is 0 Å². The molecule has 1 fully saturated rings. The molecular weight excluding hydrogens is 372 g/mol. The lowest BCUT2D eigenvalue weighted by Crippen LogP contribution is -2.49. The van der Waals surface area contributed by atoms with E-state index in [1.807, 2.05) is 82.6 Å². The fourth-order valence-electron chi connectivity index (χ4n) is 4.40. The second kappa shape index (κ2) is 9.12. The van der Waals surface area contributed by atoms with Crippen LogP contribution in [0, 0.1) is 0 Å². The lowest BCUT2D eigenvalue weighted by atomic mass is 9.98. The van der Waals surface area contributed by atoms with Gasteiger partial charge < -0.3 is 9.80 Å². The Balaban J connectivity index is 1.50. The molecule has 0 unspecified atom stereocenters. The van der Waals surface area contributed by atoms with Crippen molar-refractivity contribution in [2.45, 2.75) is 32.2 Å². The molecule has 1 aliphatic heterocycles. The zero-order chi connectivity index (χ0) is 20.9. The molecule has 1 saturated heterocycles. The normalized spacial score (nSPS) is 14.6. The summed E-state index contributed by atoms with van der Waals surface area (Å²) in [7, 11) is 0. The zero-order valence-corrected chi connectivity index (χ0v) is 17.5. The van der Waals surface area contributed by atoms with E-state index in [2.05, 4.69) is 6.92 Å². The highest BCUT2D eigenvalue weighted by Gasteiger charge is 2.30.